The lowest BCUT2D eigenvalue weighted by atomic mass is 10.0. The minimum Gasteiger partial charge on any atom is -0.379 e. The van der Waals surface area contributed by atoms with Gasteiger partial charge in [0, 0.05) is 19.6 Å². The van der Waals surface area contributed by atoms with Crippen LogP contribution >= 0.6 is 0 Å². The first-order chi connectivity index (χ1) is 13.3. The Bertz CT molecular complexity index is 742. The van der Waals surface area contributed by atoms with Crippen LogP contribution in [-0.4, -0.2) is 46.1 Å². The summed E-state index contributed by atoms with van der Waals surface area (Å²) in [5, 5.41) is 21.8. The Labute approximate surface area is 169 Å². The Morgan fingerprint density at radius 3 is 2.45 bits per heavy atom. The van der Waals surface area contributed by atoms with Crippen molar-refractivity contribution in [2.75, 3.05) is 25.0 Å². The van der Waals surface area contributed by atoms with Gasteiger partial charge < -0.3 is 10.4 Å². The summed E-state index contributed by atoms with van der Waals surface area (Å²) in [4.78, 5) is 18.0. The Morgan fingerprint density at radius 1 is 1.34 bits per heavy atom. The maximum atomic E-state index is 13.1. The van der Waals surface area contributed by atoms with E-state index >= 15 is 0 Å². The van der Waals surface area contributed by atoms with E-state index in [0.29, 0.717) is 31.0 Å². The Hall–Kier alpha value is -2.18. The van der Waals surface area contributed by atoms with Gasteiger partial charge in [-0.2, -0.15) is 18.4 Å². The second-order valence-electron chi connectivity index (χ2n) is 8.06. The molecule has 0 spiro atoms. The normalized spacial score (nSPS) is 15.1. The molecular formula is C20H29F3N4O2. The van der Waals surface area contributed by atoms with Gasteiger partial charge in [-0.1, -0.05) is 34.1 Å². The fraction of sp³-hybridized carbons (Fsp3) is 0.650. The van der Waals surface area contributed by atoms with Crippen molar-refractivity contribution in [2.24, 2.45) is 11.8 Å². The number of carbonyl (C=O) groups excluding carboxylic acids is 1. The van der Waals surface area contributed by atoms with E-state index in [1.165, 1.54) is 13.0 Å². The van der Waals surface area contributed by atoms with Crippen LogP contribution < -0.4 is 5.32 Å². The van der Waals surface area contributed by atoms with E-state index in [9.17, 15) is 23.1 Å². The average molecular weight is 414 g/mol. The minimum atomic E-state index is -4.79. The van der Waals surface area contributed by atoms with Crippen molar-refractivity contribution in [3.05, 3.63) is 23.5 Å². The van der Waals surface area contributed by atoms with Crippen LogP contribution in [-0.2, 0) is 11.0 Å². The van der Waals surface area contributed by atoms with Gasteiger partial charge in [-0.3, -0.25) is 9.69 Å². The van der Waals surface area contributed by atoms with E-state index in [4.69, 9.17) is 5.26 Å². The van der Waals surface area contributed by atoms with E-state index in [0.717, 1.165) is 12.6 Å². The summed E-state index contributed by atoms with van der Waals surface area (Å²) < 4.78 is 39.2. The fourth-order valence-electron chi connectivity index (χ4n) is 2.90. The van der Waals surface area contributed by atoms with E-state index in [1.54, 1.807) is 0 Å². The predicted molar refractivity (Wildman–Crippen MR) is 104 cm³/mol. The van der Waals surface area contributed by atoms with E-state index in [1.807, 2.05) is 18.7 Å². The number of amides is 1. The highest BCUT2D eigenvalue weighted by Gasteiger charge is 2.36. The minimum absolute atomic E-state index is 0.0389. The number of rotatable bonds is 9. The maximum absolute atomic E-state index is 13.1. The summed E-state index contributed by atoms with van der Waals surface area (Å²) in [5.41, 5.74) is -4.08. The molecule has 1 aromatic heterocycles. The first-order valence-electron chi connectivity index (χ1n) is 9.53. The van der Waals surface area contributed by atoms with Crippen molar-refractivity contribution in [1.82, 2.24) is 9.88 Å². The molecule has 0 radical (unpaired) electrons. The van der Waals surface area contributed by atoms with Crippen LogP contribution in [0.15, 0.2) is 12.3 Å². The van der Waals surface area contributed by atoms with Gasteiger partial charge >= 0.3 is 6.18 Å². The number of nitrogens with zero attached hydrogens (tertiary/aromatic N) is 3. The van der Waals surface area contributed by atoms with Gasteiger partial charge in [-0.05, 0) is 24.8 Å². The zero-order valence-corrected chi connectivity index (χ0v) is 17.5. The molecule has 0 aromatic carbocycles. The molecule has 0 saturated heterocycles. The zero-order valence-electron chi connectivity index (χ0n) is 17.5. The fourth-order valence-corrected chi connectivity index (χ4v) is 2.90. The molecule has 2 atom stereocenters. The van der Waals surface area contributed by atoms with Gasteiger partial charge in [0.25, 0.3) is 5.91 Å². The summed E-state index contributed by atoms with van der Waals surface area (Å²) >= 11 is 0. The first-order valence-corrected chi connectivity index (χ1v) is 9.53. The van der Waals surface area contributed by atoms with Crippen LogP contribution in [0.3, 0.4) is 0 Å². The highest BCUT2D eigenvalue weighted by Crippen LogP contribution is 2.32. The summed E-state index contributed by atoms with van der Waals surface area (Å²) in [6, 6.07) is 2.02. The molecule has 0 saturated carbocycles. The van der Waals surface area contributed by atoms with Crippen molar-refractivity contribution < 1.29 is 23.1 Å². The highest BCUT2D eigenvalue weighted by molar-refractivity contribution is 5.97. The number of pyridine rings is 1. The number of aliphatic hydroxyl groups is 1. The van der Waals surface area contributed by atoms with Gasteiger partial charge in [0.1, 0.15) is 6.07 Å². The van der Waals surface area contributed by atoms with E-state index in [2.05, 4.69) is 24.1 Å². The van der Waals surface area contributed by atoms with E-state index < -0.39 is 28.9 Å². The number of nitriles is 1. The summed E-state index contributed by atoms with van der Waals surface area (Å²) in [5.74, 6) is -0.158. The van der Waals surface area contributed by atoms with E-state index in [-0.39, 0.29) is 12.2 Å². The number of alkyl halides is 3. The Kier molecular flexibility index (Phi) is 8.60. The number of halogens is 3. The second-order valence-corrected chi connectivity index (χ2v) is 8.06. The van der Waals surface area contributed by atoms with Crippen molar-refractivity contribution in [2.45, 2.75) is 52.8 Å². The predicted octanol–water partition coefficient (Wildman–Crippen LogP) is 3.67. The van der Waals surface area contributed by atoms with Gasteiger partial charge in [-0.25, -0.2) is 4.98 Å². The molecule has 6 nitrogen and oxygen atoms in total. The van der Waals surface area contributed by atoms with Crippen LogP contribution in [0.25, 0.3) is 0 Å². The van der Waals surface area contributed by atoms with Crippen molar-refractivity contribution in [3.63, 3.8) is 0 Å². The number of carbonyl (C=O) groups is 1. The van der Waals surface area contributed by atoms with Gasteiger partial charge in [0.15, 0.2) is 11.3 Å². The van der Waals surface area contributed by atoms with Crippen LogP contribution in [0.5, 0.6) is 0 Å². The molecule has 1 amide bonds. The van der Waals surface area contributed by atoms with Gasteiger partial charge in [-0.15, -0.1) is 0 Å². The molecule has 1 heterocycles. The lowest BCUT2D eigenvalue weighted by molar-refractivity contribution is -0.138. The average Bonchev–Trinajstić information content (AvgIpc) is 2.59. The quantitative estimate of drug-likeness (QED) is 0.644. The maximum Gasteiger partial charge on any atom is 0.419 e. The number of nitrogens with one attached hydrogen (secondary N) is 1. The number of anilines is 1. The molecule has 0 fully saturated rings. The van der Waals surface area contributed by atoms with Crippen LogP contribution in [0.1, 0.15) is 52.3 Å². The Balaban J connectivity index is 3.00. The third-order valence-electron chi connectivity index (χ3n) is 4.47. The Morgan fingerprint density at radius 2 is 1.97 bits per heavy atom. The molecule has 0 aliphatic heterocycles. The van der Waals surface area contributed by atoms with Crippen molar-refractivity contribution >= 4 is 11.6 Å². The topological polar surface area (TPSA) is 89.2 Å². The third kappa shape index (κ3) is 7.63. The standard InChI is InChI=1S/C20H29F3N4O2/c1-6-14(4)11-27(10-13(2)3)12-19(5,29)18(28)26-15-7-16(20(21,22)23)17(8-24)25-9-15/h7,9,13-14,29H,6,10-12H2,1-5H3,(H,26,28)/t14?,19-/m0/s1. The summed E-state index contributed by atoms with van der Waals surface area (Å²) in [7, 11) is 0. The van der Waals surface area contributed by atoms with Gasteiger partial charge in [0.2, 0.25) is 0 Å². The molecule has 1 aromatic rings. The van der Waals surface area contributed by atoms with Gasteiger partial charge in [0.05, 0.1) is 17.4 Å². The molecule has 29 heavy (non-hydrogen) atoms. The number of hydrogen-bond donors (Lipinski definition) is 2. The van der Waals surface area contributed by atoms with Crippen LogP contribution in [0.2, 0.25) is 0 Å². The molecule has 1 rings (SSSR count). The second kappa shape index (κ2) is 10.0. The summed E-state index contributed by atoms with van der Waals surface area (Å²) in [6.45, 7) is 10.9. The zero-order chi connectivity index (χ0) is 22.4. The number of hydrogen-bond acceptors (Lipinski definition) is 5. The molecule has 2 N–H and O–H groups in total. The largest absolute Gasteiger partial charge is 0.419 e. The third-order valence-corrected chi connectivity index (χ3v) is 4.47. The number of aromatic nitrogens is 1. The smallest absolute Gasteiger partial charge is 0.379 e. The molecule has 0 aliphatic rings. The molecule has 1 unspecified atom stereocenters. The highest BCUT2D eigenvalue weighted by atomic mass is 19.4. The van der Waals surface area contributed by atoms with Crippen LogP contribution in [0.4, 0.5) is 18.9 Å². The molecular weight excluding hydrogens is 385 g/mol. The first kappa shape index (κ1) is 24.9. The van der Waals surface area contributed by atoms with Crippen molar-refractivity contribution in [3.8, 4) is 6.07 Å². The SMILES string of the molecule is CCC(C)CN(CC(C)C)C[C@](C)(O)C(=O)Nc1cnc(C#N)c(C(F)(F)F)c1. The molecule has 0 aliphatic carbocycles. The summed E-state index contributed by atoms with van der Waals surface area (Å²) in [6.07, 6.45) is -2.88. The van der Waals surface area contributed by atoms with Crippen LogP contribution in [0, 0.1) is 23.2 Å². The molecule has 0 bridgehead atoms. The van der Waals surface area contributed by atoms with Crippen molar-refractivity contribution in [1.29, 1.82) is 5.26 Å². The molecule has 162 valence electrons. The lowest BCUT2D eigenvalue weighted by Crippen LogP contribution is -2.51. The molecule has 9 heteroatoms. The lowest BCUT2D eigenvalue weighted by Gasteiger charge is -2.33. The monoisotopic (exact) mass is 414 g/mol.